The molecule has 6 aliphatic heterocycles. The third-order valence-corrected chi connectivity index (χ3v) is 16.2. The van der Waals surface area contributed by atoms with Crippen LogP contribution >= 0.6 is 43.2 Å². The number of hydrogen-bond donors (Lipinski definition) is 2. The van der Waals surface area contributed by atoms with Crippen molar-refractivity contribution >= 4 is 90.5 Å². The molecule has 16 heteroatoms. The van der Waals surface area contributed by atoms with Crippen LogP contribution in [0, 0.1) is 0 Å². The van der Waals surface area contributed by atoms with Crippen LogP contribution < -0.4 is 0 Å². The van der Waals surface area contributed by atoms with Crippen molar-refractivity contribution in [2.24, 2.45) is 0 Å². The molecule has 0 aromatic heterocycles. The van der Waals surface area contributed by atoms with E-state index in [1.165, 1.54) is 28.2 Å². The van der Waals surface area contributed by atoms with Gasteiger partial charge in [0.25, 0.3) is 23.6 Å². The zero-order chi connectivity index (χ0) is 33.4. The quantitative estimate of drug-likeness (QED) is 0.178. The maximum Gasteiger partial charge on any atom is 0.269 e. The predicted molar refractivity (Wildman–Crippen MR) is 177 cm³/mol. The minimum atomic E-state index is -1.78. The standard InChI is InChI=1S/C30H28N4O8S4/c1-31-25(41)29(33(3)23(39)27(31,15-35)43-45-29)21(37)19-11-7-17(8-12-19)5-6-18-9-13-20(14-10-18)22(38)30-26(42)32(2)28(16-36,44-46-30)24(40)34(30)4/h5-14,35-36H,15-16H2,1-4H3. The van der Waals surface area contributed by atoms with Crippen LogP contribution in [0.15, 0.2) is 48.5 Å². The molecule has 6 heterocycles. The lowest BCUT2D eigenvalue weighted by atomic mass is 9.95. The molecule has 12 nitrogen and oxygen atoms in total. The van der Waals surface area contributed by atoms with Gasteiger partial charge in [-0.3, -0.25) is 28.8 Å². The van der Waals surface area contributed by atoms with Gasteiger partial charge >= 0.3 is 0 Å². The van der Waals surface area contributed by atoms with Crippen LogP contribution in [0.2, 0.25) is 0 Å². The Morgan fingerprint density at radius 2 is 0.891 bits per heavy atom. The zero-order valence-corrected chi connectivity index (χ0v) is 28.2. The van der Waals surface area contributed by atoms with Gasteiger partial charge in [0.2, 0.25) is 31.1 Å². The highest BCUT2D eigenvalue weighted by Gasteiger charge is 2.71. The van der Waals surface area contributed by atoms with Crippen LogP contribution in [0.4, 0.5) is 0 Å². The first-order valence-electron chi connectivity index (χ1n) is 13.8. The number of carbonyl (C=O) groups is 6. The Hall–Kier alpha value is -3.28. The van der Waals surface area contributed by atoms with Crippen molar-refractivity contribution in [1.29, 1.82) is 0 Å². The first-order chi connectivity index (χ1) is 21.8. The average molecular weight is 701 g/mol. The van der Waals surface area contributed by atoms with Gasteiger partial charge in [0.15, 0.2) is 0 Å². The van der Waals surface area contributed by atoms with Gasteiger partial charge in [-0.1, -0.05) is 60.7 Å². The second-order valence-electron chi connectivity index (χ2n) is 11.2. The van der Waals surface area contributed by atoms with Crippen LogP contribution in [-0.2, 0) is 19.2 Å². The van der Waals surface area contributed by atoms with E-state index in [1.807, 2.05) is 0 Å². The van der Waals surface area contributed by atoms with Gasteiger partial charge in [-0.25, -0.2) is 0 Å². The number of piperazine rings is 2. The normalized spacial score (nSPS) is 30.7. The van der Waals surface area contributed by atoms with Crippen molar-refractivity contribution < 1.29 is 39.0 Å². The smallest absolute Gasteiger partial charge is 0.269 e. The van der Waals surface area contributed by atoms with Gasteiger partial charge in [-0.2, -0.15) is 0 Å². The molecule has 4 bridgehead atoms. The highest BCUT2D eigenvalue weighted by molar-refractivity contribution is 8.78. The summed E-state index contributed by atoms with van der Waals surface area (Å²) in [6, 6.07) is 13.2. The van der Waals surface area contributed by atoms with Crippen LogP contribution in [0.5, 0.6) is 0 Å². The molecule has 0 saturated carbocycles. The third-order valence-electron chi connectivity index (χ3n) is 8.95. The number of rotatable bonds is 8. The molecule has 8 rings (SSSR count). The molecule has 2 aromatic rings. The molecule has 0 spiro atoms. The molecule has 6 fully saturated rings. The Labute approximate surface area is 279 Å². The summed E-state index contributed by atoms with van der Waals surface area (Å²) in [5.74, 6) is -3.24. The monoisotopic (exact) mass is 700 g/mol. The zero-order valence-electron chi connectivity index (χ0n) is 25.0. The number of likely N-dealkylation sites (N-methyl/N-ethyl adjacent to an activating group) is 4. The Morgan fingerprint density at radius 1 is 0.565 bits per heavy atom. The molecule has 6 aliphatic rings. The molecule has 0 radical (unpaired) electrons. The summed E-state index contributed by atoms with van der Waals surface area (Å²) in [4.78, 5) is 78.3. The third kappa shape index (κ3) is 4.06. The molecular formula is C30H28N4O8S4. The number of hydrogen-bond acceptors (Lipinski definition) is 12. The van der Waals surface area contributed by atoms with Crippen molar-refractivity contribution in [1.82, 2.24) is 19.6 Å². The summed E-state index contributed by atoms with van der Waals surface area (Å²) < 4.78 is 0. The highest BCUT2D eigenvalue weighted by Crippen LogP contribution is 2.60. The Balaban J connectivity index is 1.18. The van der Waals surface area contributed by atoms with Gasteiger partial charge in [-0.05, 0) is 54.3 Å². The lowest BCUT2D eigenvalue weighted by Gasteiger charge is -2.57. The summed E-state index contributed by atoms with van der Waals surface area (Å²) in [5, 5.41) is 19.8. The van der Waals surface area contributed by atoms with Gasteiger partial charge in [0.1, 0.15) is 0 Å². The molecule has 2 N–H and O–H groups in total. The summed E-state index contributed by atoms with van der Waals surface area (Å²) in [6.07, 6.45) is 3.60. The van der Waals surface area contributed by atoms with E-state index in [0.717, 1.165) is 73.9 Å². The van der Waals surface area contributed by atoms with Crippen molar-refractivity contribution in [3.05, 3.63) is 70.8 Å². The van der Waals surface area contributed by atoms with E-state index in [0.29, 0.717) is 0 Å². The first kappa shape index (κ1) is 32.7. The van der Waals surface area contributed by atoms with E-state index in [9.17, 15) is 39.0 Å². The largest absolute Gasteiger partial charge is 0.392 e. The van der Waals surface area contributed by atoms with Crippen LogP contribution in [0.3, 0.4) is 0 Å². The van der Waals surface area contributed by atoms with Gasteiger partial charge in [0.05, 0.1) is 13.2 Å². The maximum absolute atomic E-state index is 13.7. The lowest BCUT2D eigenvalue weighted by molar-refractivity contribution is -0.163. The molecular weight excluding hydrogens is 673 g/mol. The molecule has 2 aromatic carbocycles. The molecule has 46 heavy (non-hydrogen) atoms. The summed E-state index contributed by atoms with van der Waals surface area (Å²) in [7, 11) is 9.58. The van der Waals surface area contributed by atoms with E-state index < -0.39 is 67.9 Å². The number of amides is 4. The number of carbonyl (C=O) groups excluding carboxylic acids is 6. The fourth-order valence-electron chi connectivity index (χ4n) is 5.84. The van der Waals surface area contributed by atoms with Crippen LogP contribution in [0.1, 0.15) is 31.8 Å². The number of aliphatic hydroxyl groups excluding tert-OH is 2. The first-order valence-corrected chi connectivity index (χ1v) is 18.1. The average Bonchev–Trinajstić information content (AvgIpc) is 3.08. The van der Waals surface area contributed by atoms with Gasteiger partial charge in [-0.15, -0.1) is 0 Å². The second-order valence-corrected chi connectivity index (χ2v) is 16.4. The molecule has 240 valence electrons. The minimum absolute atomic E-state index is 0.244. The van der Waals surface area contributed by atoms with Gasteiger partial charge in [0, 0.05) is 39.3 Å². The fraction of sp³-hybridized carbons (Fsp3) is 0.333. The molecule has 6 saturated heterocycles. The van der Waals surface area contributed by atoms with E-state index in [1.54, 1.807) is 60.7 Å². The fourth-order valence-corrected chi connectivity index (χ4v) is 13.0. The Morgan fingerprint density at radius 3 is 1.20 bits per heavy atom. The van der Waals surface area contributed by atoms with Crippen molar-refractivity contribution in [3.8, 4) is 0 Å². The SMILES string of the molecule is CN1C(=O)C2(C(=O)c3ccc(C=Cc4ccc(C(=O)C56SSC(CO)(C(=O)N5C)N(C)C6=O)cc4)cc3)SSC1(CO)C(=O)N2C. The van der Waals surface area contributed by atoms with E-state index in [4.69, 9.17) is 0 Å². The van der Waals surface area contributed by atoms with Gasteiger partial charge < -0.3 is 29.8 Å². The van der Waals surface area contributed by atoms with E-state index >= 15 is 0 Å². The number of benzene rings is 2. The molecule has 4 atom stereocenters. The molecule has 4 unspecified atom stereocenters. The topological polar surface area (TPSA) is 156 Å². The van der Waals surface area contributed by atoms with E-state index in [2.05, 4.69) is 0 Å². The number of fused-ring (bicyclic) bond motifs is 6. The predicted octanol–water partition coefficient (Wildman–Crippen LogP) is 1.64. The maximum atomic E-state index is 13.7. The Kier molecular flexibility index (Phi) is 7.92. The van der Waals surface area contributed by atoms with Crippen molar-refractivity contribution in [3.63, 3.8) is 0 Å². The van der Waals surface area contributed by atoms with Crippen molar-refractivity contribution in [2.45, 2.75) is 19.5 Å². The molecule has 4 amide bonds. The number of nitrogens with zero attached hydrogens (tertiary/aromatic N) is 4. The van der Waals surface area contributed by atoms with Crippen LogP contribution in [-0.4, -0.2) is 126 Å². The summed E-state index contributed by atoms with van der Waals surface area (Å²) >= 11 is 0. The molecule has 0 aliphatic carbocycles. The minimum Gasteiger partial charge on any atom is -0.392 e. The lowest BCUT2D eigenvalue weighted by Crippen LogP contribution is -2.78. The second kappa shape index (κ2) is 11.2. The number of Topliss-reactive ketones (excluding diaryl/α,β-unsaturated/α-hetero) is 2. The number of ketones is 2. The highest BCUT2D eigenvalue weighted by atomic mass is 33.1. The summed E-state index contributed by atoms with van der Waals surface area (Å²) in [5.41, 5.74) is 1.98. The Bertz CT molecular complexity index is 1610. The summed E-state index contributed by atoms with van der Waals surface area (Å²) in [6.45, 7) is -1.14. The number of aliphatic hydroxyl groups is 2. The van der Waals surface area contributed by atoms with Crippen molar-refractivity contribution in [2.75, 3.05) is 41.4 Å². The van der Waals surface area contributed by atoms with Crippen LogP contribution in [0.25, 0.3) is 12.2 Å². The van der Waals surface area contributed by atoms with E-state index in [-0.39, 0.29) is 11.1 Å².